The Morgan fingerprint density at radius 1 is 1.50 bits per heavy atom. The van der Waals surface area contributed by atoms with Crippen molar-refractivity contribution in [1.82, 2.24) is 5.32 Å². The van der Waals surface area contributed by atoms with Gasteiger partial charge in [0.1, 0.15) is 6.04 Å². The largest absolute Gasteiger partial charge is 0.468 e. The smallest absolute Gasteiger partial charge is 0.323 e. The predicted octanol–water partition coefficient (Wildman–Crippen LogP) is 0.722. The van der Waals surface area contributed by atoms with Crippen LogP contribution in [0.25, 0.3) is 0 Å². The van der Waals surface area contributed by atoms with E-state index in [4.69, 9.17) is 0 Å². The van der Waals surface area contributed by atoms with Crippen LogP contribution in [0.3, 0.4) is 0 Å². The standard InChI is InChI=1S/C8H13NO2.ClH/c1-11-8(10)7-5-2-3-6(4-5)9-7;/h5-7,9H,2-4H2,1H3;1H/t5-,6+,7-;/m0./s1. The van der Waals surface area contributed by atoms with Crippen molar-refractivity contribution in [2.24, 2.45) is 5.92 Å². The van der Waals surface area contributed by atoms with Gasteiger partial charge in [0.15, 0.2) is 0 Å². The number of esters is 1. The molecule has 1 N–H and O–H groups in total. The molecule has 70 valence electrons. The summed E-state index contributed by atoms with van der Waals surface area (Å²) >= 11 is 0. The highest BCUT2D eigenvalue weighted by Crippen LogP contribution is 2.35. The monoisotopic (exact) mass is 191 g/mol. The molecule has 0 spiro atoms. The van der Waals surface area contributed by atoms with E-state index in [0.717, 1.165) is 0 Å². The van der Waals surface area contributed by atoms with Gasteiger partial charge >= 0.3 is 5.97 Å². The molecule has 2 aliphatic rings. The van der Waals surface area contributed by atoms with Gasteiger partial charge < -0.3 is 10.1 Å². The lowest BCUT2D eigenvalue weighted by Gasteiger charge is -2.20. The fourth-order valence-corrected chi connectivity index (χ4v) is 2.25. The molecule has 1 aliphatic carbocycles. The highest BCUT2D eigenvalue weighted by Gasteiger charge is 2.43. The van der Waals surface area contributed by atoms with E-state index in [1.165, 1.54) is 26.4 Å². The van der Waals surface area contributed by atoms with Crippen LogP contribution in [0.15, 0.2) is 0 Å². The second-order valence-electron chi connectivity index (χ2n) is 3.44. The van der Waals surface area contributed by atoms with E-state index in [9.17, 15) is 4.79 Å². The molecule has 12 heavy (non-hydrogen) atoms. The number of nitrogens with one attached hydrogen (secondary N) is 1. The van der Waals surface area contributed by atoms with Crippen molar-refractivity contribution in [1.29, 1.82) is 0 Å². The van der Waals surface area contributed by atoms with Crippen molar-refractivity contribution < 1.29 is 9.53 Å². The number of fused-ring (bicyclic) bond motifs is 2. The third kappa shape index (κ3) is 1.43. The van der Waals surface area contributed by atoms with Crippen LogP contribution in [0.4, 0.5) is 0 Å². The Balaban J connectivity index is 0.000000720. The summed E-state index contributed by atoms with van der Waals surface area (Å²) in [6.07, 6.45) is 3.59. The van der Waals surface area contributed by atoms with Crippen LogP contribution in [0.1, 0.15) is 19.3 Å². The molecular weight excluding hydrogens is 178 g/mol. The second kappa shape index (κ2) is 3.62. The summed E-state index contributed by atoms with van der Waals surface area (Å²) < 4.78 is 4.69. The van der Waals surface area contributed by atoms with Crippen molar-refractivity contribution >= 4 is 18.4 Å². The van der Waals surface area contributed by atoms with E-state index in [-0.39, 0.29) is 24.4 Å². The first-order valence-corrected chi connectivity index (χ1v) is 4.15. The maximum Gasteiger partial charge on any atom is 0.323 e. The number of rotatable bonds is 1. The van der Waals surface area contributed by atoms with Crippen LogP contribution in [0, 0.1) is 5.92 Å². The first kappa shape index (κ1) is 9.81. The molecule has 0 aromatic carbocycles. The topological polar surface area (TPSA) is 38.3 Å². The van der Waals surface area contributed by atoms with Crippen molar-refractivity contribution in [3.8, 4) is 0 Å². The van der Waals surface area contributed by atoms with Crippen LogP contribution in [0.5, 0.6) is 0 Å². The SMILES string of the molecule is COC(=O)[C@H]1N[C@@H]2CC[C@H]1C2.Cl. The van der Waals surface area contributed by atoms with E-state index < -0.39 is 0 Å². The summed E-state index contributed by atoms with van der Waals surface area (Å²) in [5, 5.41) is 3.27. The Hall–Kier alpha value is -0.280. The van der Waals surface area contributed by atoms with Gasteiger partial charge in [0, 0.05) is 6.04 Å². The van der Waals surface area contributed by atoms with Crippen molar-refractivity contribution in [2.75, 3.05) is 7.11 Å². The molecule has 0 aromatic rings. The zero-order chi connectivity index (χ0) is 7.84. The third-order valence-corrected chi connectivity index (χ3v) is 2.81. The minimum atomic E-state index is -0.0859. The van der Waals surface area contributed by atoms with Gasteiger partial charge in [-0.3, -0.25) is 4.79 Å². The minimum absolute atomic E-state index is 0. The first-order chi connectivity index (χ1) is 5.31. The summed E-state index contributed by atoms with van der Waals surface area (Å²) in [5.74, 6) is 0.463. The van der Waals surface area contributed by atoms with E-state index in [2.05, 4.69) is 10.1 Å². The van der Waals surface area contributed by atoms with Crippen LogP contribution in [0.2, 0.25) is 0 Å². The average molecular weight is 192 g/mol. The molecule has 0 aromatic heterocycles. The van der Waals surface area contributed by atoms with Crippen LogP contribution in [-0.4, -0.2) is 25.2 Å². The van der Waals surface area contributed by atoms with Gasteiger partial charge in [-0.15, -0.1) is 12.4 Å². The first-order valence-electron chi connectivity index (χ1n) is 4.15. The van der Waals surface area contributed by atoms with E-state index in [1.54, 1.807) is 0 Å². The number of hydrogen-bond donors (Lipinski definition) is 1. The second-order valence-corrected chi connectivity index (χ2v) is 3.44. The summed E-state index contributed by atoms with van der Waals surface area (Å²) in [6.45, 7) is 0. The van der Waals surface area contributed by atoms with E-state index >= 15 is 0 Å². The fraction of sp³-hybridized carbons (Fsp3) is 0.875. The molecule has 1 aliphatic heterocycles. The number of piperidine rings is 1. The number of halogens is 1. The molecule has 1 saturated carbocycles. The normalized spacial score (nSPS) is 37.6. The van der Waals surface area contributed by atoms with Crippen LogP contribution >= 0.6 is 12.4 Å². The fourth-order valence-electron chi connectivity index (χ4n) is 2.25. The van der Waals surface area contributed by atoms with Gasteiger partial charge in [0.2, 0.25) is 0 Å². The highest BCUT2D eigenvalue weighted by molar-refractivity contribution is 5.85. The average Bonchev–Trinajstić information content (AvgIpc) is 2.62. The molecule has 0 radical (unpaired) electrons. The maximum absolute atomic E-state index is 11.1. The van der Waals surface area contributed by atoms with Crippen molar-refractivity contribution in [2.45, 2.75) is 31.3 Å². The lowest BCUT2D eigenvalue weighted by molar-refractivity contribution is -0.144. The van der Waals surface area contributed by atoms with E-state index in [1.807, 2.05) is 0 Å². The molecule has 1 saturated heterocycles. The highest BCUT2D eigenvalue weighted by atomic mass is 35.5. The molecule has 1 heterocycles. The molecule has 3 atom stereocenters. The number of ether oxygens (including phenoxy) is 1. The molecule has 4 heteroatoms. The Labute approximate surface area is 78.3 Å². The number of methoxy groups -OCH3 is 1. The number of hydrogen-bond acceptors (Lipinski definition) is 3. The number of carbonyl (C=O) groups is 1. The maximum atomic E-state index is 11.1. The van der Waals surface area contributed by atoms with Gasteiger partial charge in [-0.25, -0.2) is 0 Å². The van der Waals surface area contributed by atoms with E-state index in [0.29, 0.717) is 12.0 Å². The molecular formula is C8H14ClNO2. The molecule has 3 nitrogen and oxygen atoms in total. The zero-order valence-corrected chi connectivity index (χ0v) is 7.89. The Bertz CT molecular complexity index is 186. The zero-order valence-electron chi connectivity index (χ0n) is 7.08. The van der Waals surface area contributed by atoms with Gasteiger partial charge in [-0.05, 0) is 25.2 Å². The predicted molar refractivity (Wildman–Crippen MR) is 47.3 cm³/mol. The van der Waals surface area contributed by atoms with Crippen molar-refractivity contribution in [3.63, 3.8) is 0 Å². The molecule has 2 bridgehead atoms. The quantitative estimate of drug-likeness (QED) is 0.621. The van der Waals surface area contributed by atoms with Crippen LogP contribution in [-0.2, 0) is 9.53 Å². The summed E-state index contributed by atoms with van der Waals surface area (Å²) in [6, 6.07) is 0.586. The number of carbonyl (C=O) groups excluding carboxylic acids is 1. The Morgan fingerprint density at radius 2 is 2.25 bits per heavy atom. The van der Waals surface area contributed by atoms with Gasteiger partial charge in [0.25, 0.3) is 0 Å². The molecule has 2 fully saturated rings. The third-order valence-electron chi connectivity index (χ3n) is 2.81. The lowest BCUT2D eigenvalue weighted by atomic mass is 10.0. The summed E-state index contributed by atoms with van der Waals surface area (Å²) in [7, 11) is 1.45. The summed E-state index contributed by atoms with van der Waals surface area (Å²) in [4.78, 5) is 11.1. The van der Waals surface area contributed by atoms with Gasteiger partial charge in [0.05, 0.1) is 7.11 Å². The Kier molecular flexibility index (Phi) is 2.96. The van der Waals surface area contributed by atoms with Crippen molar-refractivity contribution in [3.05, 3.63) is 0 Å². The summed E-state index contributed by atoms with van der Waals surface area (Å²) in [5.41, 5.74) is 0. The molecule has 0 amide bonds. The van der Waals surface area contributed by atoms with Gasteiger partial charge in [-0.2, -0.15) is 0 Å². The molecule has 2 rings (SSSR count). The minimum Gasteiger partial charge on any atom is -0.468 e. The molecule has 0 unspecified atom stereocenters. The van der Waals surface area contributed by atoms with Crippen LogP contribution < -0.4 is 5.32 Å². The van der Waals surface area contributed by atoms with Gasteiger partial charge in [-0.1, -0.05) is 0 Å². The Morgan fingerprint density at radius 3 is 2.67 bits per heavy atom. The lowest BCUT2D eigenvalue weighted by Crippen LogP contribution is -2.42.